The Kier molecular flexibility index (Phi) is 5.50. The van der Waals surface area contributed by atoms with Crippen LogP contribution >= 0.6 is 0 Å². The van der Waals surface area contributed by atoms with Gasteiger partial charge in [-0.2, -0.15) is 0 Å². The van der Waals surface area contributed by atoms with E-state index >= 15 is 0 Å². The van der Waals surface area contributed by atoms with Gasteiger partial charge in [-0.3, -0.25) is 0 Å². The first-order valence-electron chi connectivity index (χ1n) is 6.38. The molecular weight excluding hydrogens is 156 g/mol. The van der Waals surface area contributed by atoms with Crippen LogP contribution in [0.5, 0.6) is 0 Å². The molecule has 0 bridgehead atoms. The molecule has 0 radical (unpaired) electrons. The van der Waals surface area contributed by atoms with Crippen LogP contribution < -0.4 is 0 Å². The Hall–Kier alpha value is 0. The lowest BCUT2D eigenvalue weighted by Gasteiger charge is -1.99. The second-order valence-corrected chi connectivity index (χ2v) is 4.75. The molecule has 1 rings (SSSR count). The normalized spacial score (nSPS) is 26.3. The highest BCUT2D eigenvalue weighted by Crippen LogP contribution is 2.45. The lowest BCUT2D eigenvalue weighted by molar-refractivity contribution is 0.540. The van der Waals surface area contributed by atoms with Gasteiger partial charge < -0.3 is 0 Å². The average Bonchev–Trinajstić information content (AvgIpc) is 2.88. The van der Waals surface area contributed by atoms with Crippen molar-refractivity contribution in [3.63, 3.8) is 0 Å². The molecule has 0 aromatic rings. The van der Waals surface area contributed by atoms with E-state index in [9.17, 15) is 0 Å². The predicted octanol–water partition coefficient (Wildman–Crippen LogP) is 4.78. The van der Waals surface area contributed by atoms with Gasteiger partial charge in [-0.15, -0.1) is 0 Å². The van der Waals surface area contributed by atoms with E-state index in [1.165, 1.54) is 51.4 Å². The summed E-state index contributed by atoms with van der Waals surface area (Å²) in [6, 6.07) is 0. The summed E-state index contributed by atoms with van der Waals surface area (Å²) in [5, 5.41) is 0. The van der Waals surface area contributed by atoms with E-state index < -0.39 is 0 Å². The molecule has 1 saturated carbocycles. The Morgan fingerprint density at radius 1 is 0.769 bits per heavy atom. The molecule has 0 heterocycles. The third kappa shape index (κ3) is 4.69. The molecule has 13 heavy (non-hydrogen) atoms. The van der Waals surface area contributed by atoms with Crippen molar-refractivity contribution in [2.45, 2.75) is 71.6 Å². The highest BCUT2D eigenvalue weighted by atomic mass is 14.4. The van der Waals surface area contributed by atoms with Crippen molar-refractivity contribution in [1.29, 1.82) is 0 Å². The van der Waals surface area contributed by atoms with Crippen LogP contribution in [0, 0.1) is 11.8 Å². The summed E-state index contributed by atoms with van der Waals surface area (Å²) in [4.78, 5) is 0. The Morgan fingerprint density at radius 3 is 2.00 bits per heavy atom. The zero-order chi connectivity index (χ0) is 9.52. The van der Waals surface area contributed by atoms with Gasteiger partial charge in [0.05, 0.1) is 0 Å². The summed E-state index contributed by atoms with van der Waals surface area (Å²) in [5.41, 5.74) is 0. The largest absolute Gasteiger partial charge is 0.0654 e. The lowest BCUT2D eigenvalue weighted by atomic mass is 10.1. The summed E-state index contributed by atoms with van der Waals surface area (Å²) < 4.78 is 0. The third-order valence-corrected chi connectivity index (χ3v) is 3.43. The van der Waals surface area contributed by atoms with E-state index in [2.05, 4.69) is 13.8 Å². The van der Waals surface area contributed by atoms with Crippen molar-refractivity contribution < 1.29 is 0 Å². The second-order valence-electron chi connectivity index (χ2n) is 4.75. The van der Waals surface area contributed by atoms with Gasteiger partial charge in [-0.25, -0.2) is 0 Å². The number of unbranched alkanes of at least 4 members (excludes halogenated alkanes) is 4. The van der Waals surface area contributed by atoms with E-state index in [1.807, 2.05) is 0 Å². The number of rotatable bonds is 8. The highest BCUT2D eigenvalue weighted by molar-refractivity contribution is 4.85. The molecule has 0 aromatic carbocycles. The Bertz CT molecular complexity index is 117. The van der Waals surface area contributed by atoms with Crippen LogP contribution in [0.25, 0.3) is 0 Å². The lowest BCUT2D eigenvalue weighted by Crippen LogP contribution is -1.84. The quantitative estimate of drug-likeness (QED) is 0.474. The van der Waals surface area contributed by atoms with Crippen LogP contribution in [-0.2, 0) is 0 Å². The van der Waals surface area contributed by atoms with Gasteiger partial charge in [0, 0.05) is 0 Å². The molecule has 1 aliphatic carbocycles. The van der Waals surface area contributed by atoms with E-state index in [1.54, 1.807) is 6.42 Å². The molecule has 1 fully saturated rings. The summed E-state index contributed by atoms with van der Waals surface area (Å²) >= 11 is 0. The molecule has 0 unspecified atom stereocenters. The minimum absolute atomic E-state index is 1.14. The zero-order valence-electron chi connectivity index (χ0n) is 9.52. The standard InChI is InChI=1S/C13H26/c1-3-5-7-8-10-13-11-12(13)9-6-4-2/h12-13H,3-11H2,1-2H3/t12-,13-/m1/s1. The SMILES string of the molecule is CCCCCC[C@@H]1C[C@H]1CCCC. The maximum absolute atomic E-state index is 2.30. The third-order valence-electron chi connectivity index (χ3n) is 3.43. The van der Waals surface area contributed by atoms with E-state index in [4.69, 9.17) is 0 Å². The first kappa shape index (κ1) is 11.1. The Labute approximate surface area is 84.1 Å². The summed E-state index contributed by atoms with van der Waals surface area (Å²) in [7, 11) is 0. The first-order chi connectivity index (χ1) is 6.38. The fraction of sp³-hybridized carbons (Fsp3) is 1.00. The molecule has 0 spiro atoms. The molecule has 1 aliphatic rings. The molecule has 0 heteroatoms. The van der Waals surface area contributed by atoms with Crippen LogP contribution in [-0.4, -0.2) is 0 Å². The molecule has 0 nitrogen and oxygen atoms in total. The molecule has 2 atom stereocenters. The van der Waals surface area contributed by atoms with Crippen molar-refractivity contribution in [2.75, 3.05) is 0 Å². The average molecular weight is 182 g/mol. The minimum Gasteiger partial charge on any atom is -0.0654 e. The van der Waals surface area contributed by atoms with Gasteiger partial charge in [-0.05, 0) is 18.3 Å². The van der Waals surface area contributed by atoms with Gasteiger partial charge in [-0.1, -0.05) is 65.2 Å². The monoisotopic (exact) mass is 182 g/mol. The molecule has 0 amide bonds. The highest BCUT2D eigenvalue weighted by Gasteiger charge is 2.34. The summed E-state index contributed by atoms with van der Waals surface area (Å²) in [6.07, 6.45) is 13.3. The number of hydrogen-bond donors (Lipinski definition) is 0. The predicted molar refractivity (Wildman–Crippen MR) is 59.9 cm³/mol. The van der Waals surface area contributed by atoms with Gasteiger partial charge in [0.15, 0.2) is 0 Å². The van der Waals surface area contributed by atoms with Crippen LogP contribution in [0.4, 0.5) is 0 Å². The van der Waals surface area contributed by atoms with Gasteiger partial charge in [0.1, 0.15) is 0 Å². The summed E-state index contributed by atoms with van der Waals surface area (Å²) in [5.74, 6) is 2.28. The summed E-state index contributed by atoms with van der Waals surface area (Å²) in [6.45, 7) is 4.60. The van der Waals surface area contributed by atoms with E-state index in [-0.39, 0.29) is 0 Å². The van der Waals surface area contributed by atoms with Gasteiger partial charge in [0.25, 0.3) is 0 Å². The molecule has 0 aliphatic heterocycles. The first-order valence-corrected chi connectivity index (χ1v) is 6.38. The van der Waals surface area contributed by atoms with Crippen LogP contribution in [0.2, 0.25) is 0 Å². The van der Waals surface area contributed by atoms with Gasteiger partial charge in [0.2, 0.25) is 0 Å². The second kappa shape index (κ2) is 6.45. The minimum atomic E-state index is 1.14. The van der Waals surface area contributed by atoms with Crippen molar-refractivity contribution in [1.82, 2.24) is 0 Å². The Morgan fingerprint density at radius 2 is 1.38 bits per heavy atom. The molecule has 78 valence electrons. The molecule has 0 saturated heterocycles. The Balaban J connectivity index is 1.83. The number of hydrogen-bond acceptors (Lipinski definition) is 0. The van der Waals surface area contributed by atoms with Crippen LogP contribution in [0.3, 0.4) is 0 Å². The van der Waals surface area contributed by atoms with E-state index in [0.717, 1.165) is 11.8 Å². The maximum Gasteiger partial charge on any atom is -0.0383 e. The van der Waals surface area contributed by atoms with Crippen molar-refractivity contribution >= 4 is 0 Å². The van der Waals surface area contributed by atoms with Crippen LogP contribution in [0.15, 0.2) is 0 Å². The maximum atomic E-state index is 2.30. The van der Waals surface area contributed by atoms with Crippen molar-refractivity contribution in [2.24, 2.45) is 11.8 Å². The molecule has 0 N–H and O–H groups in total. The zero-order valence-corrected chi connectivity index (χ0v) is 9.52. The van der Waals surface area contributed by atoms with Crippen molar-refractivity contribution in [3.05, 3.63) is 0 Å². The van der Waals surface area contributed by atoms with Gasteiger partial charge >= 0.3 is 0 Å². The fourth-order valence-electron chi connectivity index (χ4n) is 2.32. The molecular formula is C13H26. The van der Waals surface area contributed by atoms with Crippen molar-refractivity contribution in [3.8, 4) is 0 Å². The van der Waals surface area contributed by atoms with E-state index in [0.29, 0.717) is 0 Å². The fourth-order valence-corrected chi connectivity index (χ4v) is 2.32. The van der Waals surface area contributed by atoms with Crippen LogP contribution in [0.1, 0.15) is 71.6 Å². The smallest absolute Gasteiger partial charge is 0.0383 e. The topological polar surface area (TPSA) is 0 Å². The molecule has 0 aromatic heterocycles.